The lowest BCUT2D eigenvalue weighted by molar-refractivity contribution is -0.197. The van der Waals surface area contributed by atoms with Crippen LogP contribution in [0.25, 0.3) is 10.4 Å². The van der Waals surface area contributed by atoms with E-state index in [0.717, 1.165) is 25.7 Å². The molecule has 8 nitrogen and oxygen atoms in total. The SMILES string of the molecule is [N-]=[N+]=NCCCCCCCC(=O)ON1C(=O)CCC1=O. The molecule has 0 aromatic heterocycles. The Bertz CT molecular complexity index is 402. The van der Waals surface area contributed by atoms with Gasteiger partial charge in [-0.25, -0.2) is 4.79 Å². The number of hydroxylamine groups is 2. The zero-order valence-electron chi connectivity index (χ0n) is 11.3. The van der Waals surface area contributed by atoms with Crippen molar-refractivity contribution in [2.75, 3.05) is 6.54 Å². The molecule has 0 radical (unpaired) electrons. The van der Waals surface area contributed by atoms with Crippen LogP contribution in [0.1, 0.15) is 51.4 Å². The van der Waals surface area contributed by atoms with E-state index in [2.05, 4.69) is 10.0 Å². The van der Waals surface area contributed by atoms with Crippen molar-refractivity contribution in [1.82, 2.24) is 5.06 Å². The zero-order valence-corrected chi connectivity index (χ0v) is 11.3. The van der Waals surface area contributed by atoms with Crippen LogP contribution in [-0.2, 0) is 19.2 Å². The fourth-order valence-electron chi connectivity index (χ4n) is 1.83. The van der Waals surface area contributed by atoms with E-state index in [1.807, 2.05) is 0 Å². The van der Waals surface area contributed by atoms with Gasteiger partial charge >= 0.3 is 5.97 Å². The summed E-state index contributed by atoms with van der Waals surface area (Å²) in [7, 11) is 0. The molecule has 1 saturated heterocycles. The number of imide groups is 1. The molecule has 2 amide bonds. The molecule has 1 rings (SSSR count). The monoisotopic (exact) mass is 282 g/mol. The number of azide groups is 1. The summed E-state index contributed by atoms with van der Waals surface area (Å²) in [5.41, 5.74) is 8.08. The zero-order chi connectivity index (χ0) is 14.8. The first-order valence-electron chi connectivity index (χ1n) is 6.72. The normalized spacial score (nSPS) is 14.3. The third-order valence-corrected chi connectivity index (χ3v) is 2.90. The molecule has 0 unspecified atom stereocenters. The van der Waals surface area contributed by atoms with E-state index in [-0.39, 0.29) is 19.3 Å². The lowest BCUT2D eigenvalue weighted by Gasteiger charge is -2.12. The van der Waals surface area contributed by atoms with Crippen LogP contribution in [0.15, 0.2) is 5.11 Å². The molecule has 1 aliphatic heterocycles. The maximum Gasteiger partial charge on any atom is 0.333 e. The predicted molar refractivity (Wildman–Crippen MR) is 68.9 cm³/mol. The van der Waals surface area contributed by atoms with Gasteiger partial charge in [-0.1, -0.05) is 24.4 Å². The quantitative estimate of drug-likeness (QED) is 0.212. The van der Waals surface area contributed by atoms with Gasteiger partial charge in [0.05, 0.1) is 0 Å². The first-order valence-corrected chi connectivity index (χ1v) is 6.72. The van der Waals surface area contributed by atoms with E-state index >= 15 is 0 Å². The van der Waals surface area contributed by atoms with Gasteiger partial charge in [-0.2, -0.15) is 0 Å². The van der Waals surface area contributed by atoms with E-state index in [0.29, 0.717) is 18.0 Å². The highest BCUT2D eigenvalue weighted by Gasteiger charge is 2.32. The number of carbonyl (C=O) groups is 3. The maximum atomic E-state index is 11.4. The summed E-state index contributed by atoms with van der Waals surface area (Å²) in [5, 5.41) is 4.00. The van der Waals surface area contributed by atoms with Gasteiger partial charge in [-0.3, -0.25) is 9.59 Å². The van der Waals surface area contributed by atoms with Crippen molar-refractivity contribution in [1.29, 1.82) is 0 Å². The first-order chi connectivity index (χ1) is 9.65. The number of rotatable bonds is 9. The molecule has 1 fully saturated rings. The van der Waals surface area contributed by atoms with Crippen molar-refractivity contribution in [2.45, 2.75) is 51.4 Å². The van der Waals surface area contributed by atoms with Gasteiger partial charge in [-0.05, 0) is 18.4 Å². The molecule has 110 valence electrons. The van der Waals surface area contributed by atoms with Gasteiger partial charge in [0.2, 0.25) is 0 Å². The third-order valence-electron chi connectivity index (χ3n) is 2.90. The molecule has 0 atom stereocenters. The number of hydrogen-bond donors (Lipinski definition) is 0. The molecule has 20 heavy (non-hydrogen) atoms. The highest BCUT2D eigenvalue weighted by Crippen LogP contribution is 2.13. The Morgan fingerprint density at radius 1 is 1.15 bits per heavy atom. The molecular weight excluding hydrogens is 264 g/mol. The topological polar surface area (TPSA) is 112 Å². The Labute approximate surface area is 116 Å². The van der Waals surface area contributed by atoms with Crippen molar-refractivity contribution in [3.63, 3.8) is 0 Å². The van der Waals surface area contributed by atoms with Gasteiger partial charge in [0, 0.05) is 30.7 Å². The maximum absolute atomic E-state index is 11.4. The molecule has 0 aromatic rings. The minimum Gasteiger partial charge on any atom is -0.330 e. The number of nitrogens with zero attached hydrogens (tertiary/aromatic N) is 4. The van der Waals surface area contributed by atoms with Crippen LogP contribution in [0.3, 0.4) is 0 Å². The largest absolute Gasteiger partial charge is 0.333 e. The van der Waals surface area contributed by atoms with E-state index < -0.39 is 17.8 Å². The van der Waals surface area contributed by atoms with E-state index in [1.165, 1.54) is 0 Å². The Balaban J connectivity index is 2.04. The standard InChI is InChI=1S/C12H18N4O4/c13-15-14-9-5-3-1-2-4-6-12(19)20-16-10(17)7-8-11(16)18/h1-9H2. The van der Waals surface area contributed by atoms with E-state index in [1.54, 1.807) is 0 Å². The van der Waals surface area contributed by atoms with Gasteiger partial charge in [0.25, 0.3) is 11.8 Å². The van der Waals surface area contributed by atoms with Gasteiger partial charge < -0.3 is 4.84 Å². The van der Waals surface area contributed by atoms with Crippen LogP contribution >= 0.6 is 0 Å². The van der Waals surface area contributed by atoms with Gasteiger partial charge in [0.15, 0.2) is 0 Å². The summed E-state index contributed by atoms with van der Waals surface area (Å²) in [5.74, 6) is -1.47. The van der Waals surface area contributed by atoms with E-state index in [4.69, 9.17) is 10.4 Å². The summed E-state index contributed by atoms with van der Waals surface area (Å²) in [4.78, 5) is 41.3. The summed E-state index contributed by atoms with van der Waals surface area (Å²) >= 11 is 0. The minimum absolute atomic E-state index is 0.108. The fraction of sp³-hybridized carbons (Fsp3) is 0.750. The van der Waals surface area contributed by atoms with Crippen LogP contribution < -0.4 is 0 Å². The summed E-state index contributed by atoms with van der Waals surface area (Å²) in [6, 6.07) is 0. The molecule has 0 bridgehead atoms. The number of unbranched alkanes of at least 4 members (excludes halogenated alkanes) is 4. The average Bonchev–Trinajstić information content (AvgIpc) is 2.73. The molecular formula is C12H18N4O4. The summed E-state index contributed by atoms with van der Waals surface area (Å²) < 4.78 is 0. The molecule has 0 spiro atoms. The van der Waals surface area contributed by atoms with Crippen molar-refractivity contribution in [3.05, 3.63) is 10.4 Å². The molecule has 1 aliphatic rings. The fourth-order valence-corrected chi connectivity index (χ4v) is 1.83. The number of carbonyl (C=O) groups excluding carboxylic acids is 3. The van der Waals surface area contributed by atoms with Crippen LogP contribution in [0.4, 0.5) is 0 Å². The highest BCUT2D eigenvalue weighted by atomic mass is 16.7. The molecule has 0 aliphatic carbocycles. The Kier molecular flexibility index (Phi) is 7.13. The van der Waals surface area contributed by atoms with Gasteiger partial charge in [-0.15, -0.1) is 5.06 Å². The summed E-state index contributed by atoms with van der Waals surface area (Å²) in [6.45, 7) is 0.498. The average molecular weight is 282 g/mol. The second-order valence-electron chi connectivity index (χ2n) is 4.52. The Morgan fingerprint density at radius 3 is 2.40 bits per heavy atom. The highest BCUT2D eigenvalue weighted by molar-refractivity contribution is 6.01. The molecule has 8 heteroatoms. The lowest BCUT2D eigenvalue weighted by Crippen LogP contribution is -2.31. The van der Waals surface area contributed by atoms with Crippen LogP contribution in [0.5, 0.6) is 0 Å². The smallest absolute Gasteiger partial charge is 0.330 e. The second kappa shape index (κ2) is 8.92. The number of amides is 2. The number of hydrogen-bond acceptors (Lipinski definition) is 5. The van der Waals surface area contributed by atoms with Crippen LogP contribution in [0, 0.1) is 0 Å². The molecule has 0 N–H and O–H groups in total. The predicted octanol–water partition coefficient (Wildman–Crippen LogP) is 2.24. The van der Waals surface area contributed by atoms with Crippen molar-refractivity contribution < 1.29 is 19.2 Å². The second-order valence-corrected chi connectivity index (χ2v) is 4.52. The van der Waals surface area contributed by atoms with Crippen LogP contribution in [0.2, 0.25) is 0 Å². The first kappa shape index (κ1) is 16.0. The molecule has 0 aromatic carbocycles. The van der Waals surface area contributed by atoms with Crippen molar-refractivity contribution in [3.8, 4) is 0 Å². The van der Waals surface area contributed by atoms with E-state index in [9.17, 15) is 14.4 Å². The third kappa shape index (κ3) is 5.71. The van der Waals surface area contributed by atoms with Crippen molar-refractivity contribution in [2.24, 2.45) is 5.11 Å². The van der Waals surface area contributed by atoms with Crippen LogP contribution in [-0.4, -0.2) is 29.4 Å². The Morgan fingerprint density at radius 2 is 1.75 bits per heavy atom. The Hall–Kier alpha value is -2.08. The minimum atomic E-state index is -0.553. The van der Waals surface area contributed by atoms with Gasteiger partial charge in [0.1, 0.15) is 0 Å². The molecule has 1 heterocycles. The molecule has 0 saturated carbocycles. The lowest BCUT2D eigenvalue weighted by atomic mass is 10.1. The van der Waals surface area contributed by atoms with Crippen molar-refractivity contribution >= 4 is 17.8 Å². The summed E-state index contributed by atoms with van der Waals surface area (Å²) in [6.07, 6.45) is 4.63.